The first kappa shape index (κ1) is 13.1. The molecule has 0 bridgehead atoms. The van der Waals surface area contributed by atoms with Crippen molar-refractivity contribution in [2.24, 2.45) is 5.92 Å². The van der Waals surface area contributed by atoms with Gasteiger partial charge in [0.25, 0.3) is 0 Å². The van der Waals surface area contributed by atoms with E-state index in [-0.39, 0.29) is 0 Å². The summed E-state index contributed by atoms with van der Waals surface area (Å²) in [4.78, 5) is 2.97. The Morgan fingerprint density at radius 2 is 2.06 bits per heavy atom. The zero-order valence-electron chi connectivity index (χ0n) is 11.4. The molecule has 96 valence electrons. The van der Waals surface area contributed by atoms with Gasteiger partial charge in [0.1, 0.15) is 0 Å². The molecular weight excluding hydrogens is 226 g/mol. The first-order valence-electron chi connectivity index (χ1n) is 7.02. The molecule has 17 heavy (non-hydrogen) atoms. The predicted molar refractivity (Wildman–Crippen MR) is 76.8 cm³/mol. The lowest BCUT2D eigenvalue weighted by Crippen LogP contribution is -2.28. The van der Waals surface area contributed by atoms with E-state index in [4.69, 9.17) is 0 Å². The Labute approximate surface area is 110 Å². The normalized spacial score (nSPS) is 18.8. The summed E-state index contributed by atoms with van der Waals surface area (Å²) in [6, 6.07) is 3.02. The smallest absolute Gasteiger partial charge is 0.0359 e. The van der Waals surface area contributed by atoms with Crippen LogP contribution in [0.5, 0.6) is 0 Å². The quantitative estimate of drug-likeness (QED) is 0.806. The van der Waals surface area contributed by atoms with E-state index in [0.29, 0.717) is 6.04 Å². The van der Waals surface area contributed by atoms with Crippen LogP contribution in [0.1, 0.15) is 60.4 Å². The number of hydrogen-bond acceptors (Lipinski definition) is 2. The Morgan fingerprint density at radius 3 is 2.59 bits per heavy atom. The van der Waals surface area contributed by atoms with Gasteiger partial charge in [-0.15, -0.1) is 11.3 Å². The van der Waals surface area contributed by atoms with Crippen LogP contribution >= 0.6 is 11.3 Å². The molecule has 1 N–H and O–H groups in total. The van der Waals surface area contributed by atoms with E-state index in [9.17, 15) is 0 Å². The zero-order chi connectivity index (χ0) is 12.3. The molecule has 0 spiro atoms. The van der Waals surface area contributed by atoms with Crippen molar-refractivity contribution in [1.82, 2.24) is 5.32 Å². The van der Waals surface area contributed by atoms with Gasteiger partial charge in [-0.05, 0) is 57.2 Å². The van der Waals surface area contributed by atoms with Gasteiger partial charge in [-0.1, -0.05) is 19.8 Å². The van der Waals surface area contributed by atoms with Crippen LogP contribution in [-0.4, -0.2) is 6.54 Å². The molecule has 2 rings (SSSR count). The van der Waals surface area contributed by atoms with Gasteiger partial charge < -0.3 is 5.32 Å². The van der Waals surface area contributed by atoms with E-state index in [0.717, 1.165) is 12.5 Å². The fourth-order valence-electron chi connectivity index (χ4n) is 3.08. The fourth-order valence-corrected chi connectivity index (χ4v) is 4.05. The lowest BCUT2D eigenvalue weighted by molar-refractivity contribution is 0.368. The van der Waals surface area contributed by atoms with Crippen LogP contribution in [-0.2, 0) is 0 Å². The predicted octanol–water partition coefficient (Wildman–Crippen LogP) is 4.60. The largest absolute Gasteiger partial charge is 0.310 e. The Bertz CT molecular complexity index is 350. The molecule has 0 aliphatic heterocycles. The number of nitrogens with one attached hydrogen (secondary N) is 1. The van der Waals surface area contributed by atoms with Crippen LogP contribution in [0.3, 0.4) is 0 Å². The Balaban J connectivity index is 2.16. The minimum absolute atomic E-state index is 0.613. The van der Waals surface area contributed by atoms with Crippen LogP contribution in [0.2, 0.25) is 0 Å². The van der Waals surface area contributed by atoms with Crippen molar-refractivity contribution >= 4 is 11.3 Å². The first-order chi connectivity index (χ1) is 8.22. The molecule has 1 unspecified atom stereocenters. The lowest BCUT2D eigenvalue weighted by Gasteiger charge is -2.25. The molecule has 1 atom stereocenters. The van der Waals surface area contributed by atoms with E-state index in [1.807, 2.05) is 11.3 Å². The van der Waals surface area contributed by atoms with Crippen molar-refractivity contribution in [2.75, 3.05) is 6.54 Å². The van der Waals surface area contributed by atoms with Gasteiger partial charge in [-0.2, -0.15) is 0 Å². The third-order valence-corrected chi connectivity index (χ3v) is 4.88. The molecule has 0 aromatic carbocycles. The molecule has 1 aliphatic rings. The highest BCUT2D eigenvalue weighted by atomic mass is 32.1. The van der Waals surface area contributed by atoms with Crippen molar-refractivity contribution in [3.05, 3.63) is 21.4 Å². The lowest BCUT2D eigenvalue weighted by atomic mass is 9.91. The second-order valence-corrected chi connectivity index (χ2v) is 6.81. The standard InChI is InChI=1S/C15H25NS/c1-4-9-16-15(13-7-5-6-8-13)14-10-11(2)17-12(14)3/h10,13,15-16H,4-9H2,1-3H3. The van der Waals surface area contributed by atoms with Crippen molar-refractivity contribution in [3.63, 3.8) is 0 Å². The molecule has 0 amide bonds. The first-order valence-corrected chi connectivity index (χ1v) is 7.84. The summed E-state index contributed by atoms with van der Waals surface area (Å²) in [6.07, 6.45) is 6.91. The second kappa shape index (κ2) is 6.01. The summed E-state index contributed by atoms with van der Waals surface area (Å²) in [5.41, 5.74) is 1.58. The molecule has 1 aromatic rings. The van der Waals surface area contributed by atoms with E-state index in [2.05, 4.69) is 32.2 Å². The maximum absolute atomic E-state index is 3.79. The maximum Gasteiger partial charge on any atom is 0.0359 e. The summed E-state index contributed by atoms with van der Waals surface area (Å²) in [5.74, 6) is 0.870. The van der Waals surface area contributed by atoms with Crippen LogP contribution in [0, 0.1) is 19.8 Å². The number of thiophene rings is 1. The van der Waals surface area contributed by atoms with Crippen molar-refractivity contribution in [2.45, 2.75) is 58.9 Å². The van der Waals surface area contributed by atoms with Gasteiger partial charge in [0.05, 0.1) is 0 Å². The van der Waals surface area contributed by atoms with Gasteiger partial charge in [-0.25, -0.2) is 0 Å². The van der Waals surface area contributed by atoms with E-state index < -0.39 is 0 Å². The average Bonchev–Trinajstić information content (AvgIpc) is 2.90. The minimum atomic E-state index is 0.613. The molecule has 0 radical (unpaired) electrons. The Morgan fingerprint density at radius 1 is 1.35 bits per heavy atom. The van der Waals surface area contributed by atoms with Crippen molar-refractivity contribution < 1.29 is 0 Å². The summed E-state index contributed by atoms with van der Waals surface area (Å²) >= 11 is 1.95. The average molecular weight is 251 g/mol. The minimum Gasteiger partial charge on any atom is -0.310 e. The Kier molecular flexibility index (Phi) is 4.63. The van der Waals surface area contributed by atoms with Crippen molar-refractivity contribution in [1.29, 1.82) is 0 Å². The van der Waals surface area contributed by atoms with Crippen LogP contribution in [0.15, 0.2) is 6.07 Å². The molecule has 0 saturated heterocycles. The van der Waals surface area contributed by atoms with Gasteiger partial charge in [-0.3, -0.25) is 0 Å². The van der Waals surface area contributed by atoms with E-state index in [1.165, 1.54) is 41.9 Å². The second-order valence-electron chi connectivity index (χ2n) is 5.34. The molecule has 1 heterocycles. The van der Waals surface area contributed by atoms with E-state index >= 15 is 0 Å². The molecule has 1 aliphatic carbocycles. The molecule has 1 nitrogen and oxygen atoms in total. The highest BCUT2D eigenvalue weighted by molar-refractivity contribution is 7.12. The SMILES string of the molecule is CCCNC(c1cc(C)sc1C)C1CCCC1. The summed E-state index contributed by atoms with van der Waals surface area (Å²) in [7, 11) is 0. The molecule has 1 fully saturated rings. The third kappa shape index (κ3) is 3.11. The van der Waals surface area contributed by atoms with Gasteiger partial charge in [0.15, 0.2) is 0 Å². The highest BCUT2D eigenvalue weighted by Crippen LogP contribution is 2.38. The highest BCUT2D eigenvalue weighted by Gasteiger charge is 2.27. The zero-order valence-corrected chi connectivity index (χ0v) is 12.2. The molecule has 2 heteroatoms. The van der Waals surface area contributed by atoms with Crippen LogP contribution < -0.4 is 5.32 Å². The molecule has 1 saturated carbocycles. The van der Waals surface area contributed by atoms with Gasteiger partial charge >= 0.3 is 0 Å². The van der Waals surface area contributed by atoms with Crippen molar-refractivity contribution in [3.8, 4) is 0 Å². The van der Waals surface area contributed by atoms with E-state index in [1.54, 1.807) is 5.56 Å². The fraction of sp³-hybridized carbons (Fsp3) is 0.733. The van der Waals surface area contributed by atoms with Gasteiger partial charge in [0.2, 0.25) is 0 Å². The molecule has 1 aromatic heterocycles. The maximum atomic E-state index is 3.79. The third-order valence-electron chi connectivity index (χ3n) is 3.90. The van der Waals surface area contributed by atoms with Crippen LogP contribution in [0.4, 0.5) is 0 Å². The summed E-state index contributed by atoms with van der Waals surface area (Å²) in [6.45, 7) is 7.91. The topological polar surface area (TPSA) is 12.0 Å². The number of aryl methyl sites for hydroxylation is 2. The monoisotopic (exact) mass is 251 g/mol. The number of hydrogen-bond donors (Lipinski definition) is 1. The molecular formula is C15H25NS. The summed E-state index contributed by atoms with van der Waals surface area (Å²) < 4.78 is 0. The summed E-state index contributed by atoms with van der Waals surface area (Å²) in [5, 5.41) is 3.79. The van der Waals surface area contributed by atoms with Gasteiger partial charge in [0, 0.05) is 15.8 Å². The van der Waals surface area contributed by atoms with Crippen LogP contribution in [0.25, 0.3) is 0 Å². The Hall–Kier alpha value is -0.340. The number of rotatable bonds is 5.